The molecule has 0 aromatic carbocycles. The van der Waals surface area contributed by atoms with E-state index in [0.717, 1.165) is 6.54 Å². The Morgan fingerprint density at radius 1 is 0.846 bits per heavy atom. The average Bonchev–Trinajstić information content (AvgIpc) is 1.69. The minimum Gasteiger partial charge on any atom is -0.331 e. The van der Waals surface area contributed by atoms with Crippen LogP contribution in [0.3, 0.4) is 0 Å². The zero-order valence-corrected chi connectivity index (χ0v) is 6.02. The Labute approximate surface area is 88.5 Å². The largest absolute Gasteiger partial charge is 0.331 e. The van der Waals surface area contributed by atoms with E-state index in [9.17, 15) is 0 Å². The topological polar surface area (TPSA) is 55.3 Å². The van der Waals surface area contributed by atoms with Crippen LogP contribution >= 0.6 is 0 Å². The summed E-state index contributed by atoms with van der Waals surface area (Å²) in [6, 6.07) is 0. The standard InChI is InChI=1S/C3H10N2.C2H7N.5CH4/c1-5(2)3-4;1-2-3;;;;;/h3-4H2,1-2H3;2-3H2,1H3;5*1H4. The zero-order valence-electron chi connectivity index (χ0n) is 6.02. The predicted molar refractivity (Wildman–Crippen MR) is 71.1 cm³/mol. The van der Waals surface area contributed by atoms with Crippen molar-refractivity contribution >= 4 is 0 Å². The molecule has 92 valence electrons. The van der Waals surface area contributed by atoms with E-state index in [4.69, 9.17) is 11.5 Å². The van der Waals surface area contributed by atoms with E-state index in [1.807, 2.05) is 25.9 Å². The van der Waals surface area contributed by atoms with Crippen LogP contribution in [0, 0.1) is 0 Å². The molecule has 3 nitrogen and oxygen atoms in total. The van der Waals surface area contributed by atoms with Crippen LogP contribution in [0.5, 0.6) is 0 Å². The average molecular weight is 199 g/mol. The smallest absolute Gasteiger partial charge is 0.0449 e. The van der Waals surface area contributed by atoms with Crippen molar-refractivity contribution in [1.82, 2.24) is 4.90 Å². The molecule has 0 aliphatic rings. The summed E-state index contributed by atoms with van der Waals surface area (Å²) in [5.74, 6) is 0. The normalized spacial score (nSPS) is 5.08. The third kappa shape index (κ3) is 328. The van der Waals surface area contributed by atoms with Crippen LogP contribution in [0.15, 0.2) is 0 Å². The highest BCUT2D eigenvalue weighted by Gasteiger charge is 1.71. The first-order chi connectivity index (χ1) is 3.68. The third-order valence-corrected chi connectivity index (χ3v) is 0.365. The van der Waals surface area contributed by atoms with Gasteiger partial charge in [0.2, 0.25) is 0 Å². The summed E-state index contributed by atoms with van der Waals surface area (Å²) in [4.78, 5) is 1.90. The summed E-state index contributed by atoms with van der Waals surface area (Å²) in [6.45, 7) is 3.29. The van der Waals surface area contributed by atoms with Gasteiger partial charge >= 0.3 is 0 Å². The van der Waals surface area contributed by atoms with E-state index in [0.29, 0.717) is 6.67 Å². The maximum Gasteiger partial charge on any atom is 0.0449 e. The lowest BCUT2D eigenvalue weighted by Gasteiger charge is -2.00. The number of rotatable bonds is 1. The molecule has 0 aliphatic carbocycles. The first-order valence-corrected chi connectivity index (χ1v) is 2.73. The van der Waals surface area contributed by atoms with E-state index in [1.165, 1.54) is 0 Å². The molecule has 3 heteroatoms. The van der Waals surface area contributed by atoms with Gasteiger partial charge in [-0.05, 0) is 20.6 Å². The molecule has 0 aromatic heterocycles. The van der Waals surface area contributed by atoms with Gasteiger partial charge in [-0.2, -0.15) is 0 Å². The van der Waals surface area contributed by atoms with Crippen LogP contribution in [0.2, 0.25) is 0 Å². The minimum atomic E-state index is 0. The second-order valence-electron chi connectivity index (χ2n) is 1.67. The van der Waals surface area contributed by atoms with Crippen molar-refractivity contribution < 1.29 is 0 Å². The van der Waals surface area contributed by atoms with E-state index in [2.05, 4.69) is 0 Å². The molecule has 0 aliphatic heterocycles. The third-order valence-electron chi connectivity index (χ3n) is 0.365. The van der Waals surface area contributed by atoms with Gasteiger partial charge in [-0.1, -0.05) is 44.1 Å². The molecule has 0 fully saturated rings. The summed E-state index contributed by atoms with van der Waals surface area (Å²) in [7, 11) is 3.86. The first-order valence-electron chi connectivity index (χ1n) is 2.73. The molecule has 0 heterocycles. The molecule has 4 N–H and O–H groups in total. The Bertz CT molecular complexity index is 31.4. The lowest BCUT2D eigenvalue weighted by Crippen LogP contribution is -2.20. The molecule has 13 heavy (non-hydrogen) atoms. The fraction of sp³-hybridized carbons (Fsp3) is 1.00. The molecule has 0 atom stereocenters. The van der Waals surface area contributed by atoms with Crippen LogP contribution in [-0.2, 0) is 0 Å². The fourth-order valence-corrected chi connectivity index (χ4v) is 0. The fourth-order valence-electron chi connectivity index (χ4n) is 0. The molecule has 0 saturated carbocycles. The highest BCUT2D eigenvalue weighted by Crippen LogP contribution is 1.55. The molecule has 0 unspecified atom stereocenters. The maximum atomic E-state index is 5.10. The van der Waals surface area contributed by atoms with Crippen molar-refractivity contribution in [3.63, 3.8) is 0 Å². The second kappa shape index (κ2) is 59.1. The van der Waals surface area contributed by atoms with Crippen molar-refractivity contribution in [2.24, 2.45) is 11.5 Å². The molecule has 0 amide bonds. The van der Waals surface area contributed by atoms with Crippen LogP contribution in [0.1, 0.15) is 44.1 Å². The summed E-state index contributed by atoms with van der Waals surface area (Å²) >= 11 is 0. The molecular weight excluding hydrogens is 162 g/mol. The van der Waals surface area contributed by atoms with Crippen molar-refractivity contribution in [3.05, 3.63) is 0 Å². The highest BCUT2D eigenvalue weighted by molar-refractivity contribution is 4.23. The molecule has 0 radical (unpaired) electrons. The van der Waals surface area contributed by atoms with Crippen LogP contribution in [-0.4, -0.2) is 32.2 Å². The molecule has 0 spiro atoms. The van der Waals surface area contributed by atoms with E-state index < -0.39 is 0 Å². The Hall–Kier alpha value is -0.120. The highest BCUT2D eigenvalue weighted by atomic mass is 15.1. The second-order valence-corrected chi connectivity index (χ2v) is 1.67. The number of hydrogen-bond acceptors (Lipinski definition) is 3. The van der Waals surface area contributed by atoms with E-state index in [-0.39, 0.29) is 37.1 Å². The summed E-state index contributed by atoms with van der Waals surface area (Å²) in [5, 5.41) is 0. The van der Waals surface area contributed by atoms with Crippen molar-refractivity contribution in [2.75, 3.05) is 27.3 Å². The number of hydrogen-bond donors (Lipinski definition) is 2. The summed E-state index contributed by atoms with van der Waals surface area (Å²) in [6.07, 6.45) is 0. The Morgan fingerprint density at radius 3 is 0.923 bits per heavy atom. The number of nitrogens with two attached hydrogens (primary N) is 2. The van der Waals surface area contributed by atoms with Gasteiger partial charge in [0.25, 0.3) is 0 Å². The molecule has 0 aromatic rings. The van der Waals surface area contributed by atoms with Crippen LogP contribution < -0.4 is 11.5 Å². The van der Waals surface area contributed by atoms with Gasteiger partial charge in [-0.3, -0.25) is 4.90 Å². The Kier molecular flexibility index (Phi) is 239. The Balaban J connectivity index is -0.00000000840. The molecule has 0 bridgehead atoms. The first kappa shape index (κ1) is 52.6. The zero-order chi connectivity index (χ0) is 6.99. The quantitative estimate of drug-likeness (QED) is 0.638. The SMILES string of the molecule is C.C.C.C.C.CCN.CN(C)CN. The molecular formula is C10H37N3. The van der Waals surface area contributed by atoms with Gasteiger partial charge < -0.3 is 11.5 Å². The Morgan fingerprint density at radius 2 is 0.923 bits per heavy atom. The van der Waals surface area contributed by atoms with Crippen molar-refractivity contribution in [2.45, 2.75) is 44.1 Å². The van der Waals surface area contributed by atoms with Gasteiger partial charge in [0.05, 0.1) is 0 Å². The van der Waals surface area contributed by atoms with Gasteiger partial charge in [-0.25, -0.2) is 0 Å². The monoisotopic (exact) mass is 199 g/mol. The van der Waals surface area contributed by atoms with Gasteiger partial charge in [0, 0.05) is 6.67 Å². The van der Waals surface area contributed by atoms with Crippen LogP contribution in [0.4, 0.5) is 0 Å². The van der Waals surface area contributed by atoms with Crippen molar-refractivity contribution in [1.29, 1.82) is 0 Å². The van der Waals surface area contributed by atoms with Crippen LogP contribution in [0.25, 0.3) is 0 Å². The maximum absolute atomic E-state index is 5.10. The molecule has 0 saturated heterocycles. The lowest BCUT2D eigenvalue weighted by atomic mass is 10.8. The van der Waals surface area contributed by atoms with Gasteiger partial charge in [-0.15, -0.1) is 0 Å². The summed E-state index contributed by atoms with van der Waals surface area (Å²) < 4.78 is 0. The lowest BCUT2D eigenvalue weighted by molar-refractivity contribution is 0.423. The molecule has 0 rings (SSSR count). The minimum absolute atomic E-state index is 0. The number of nitrogens with zero attached hydrogens (tertiary/aromatic N) is 1. The van der Waals surface area contributed by atoms with Gasteiger partial charge in [0.1, 0.15) is 0 Å². The van der Waals surface area contributed by atoms with Crippen molar-refractivity contribution in [3.8, 4) is 0 Å². The van der Waals surface area contributed by atoms with E-state index in [1.54, 1.807) is 0 Å². The van der Waals surface area contributed by atoms with Gasteiger partial charge in [0.15, 0.2) is 0 Å². The van der Waals surface area contributed by atoms with E-state index >= 15 is 0 Å². The summed E-state index contributed by atoms with van der Waals surface area (Å²) in [5.41, 5.74) is 9.94. The predicted octanol–water partition coefficient (Wildman–Crippen LogP) is 2.61.